The minimum Gasteiger partial charge on any atom is -0.378 e. The summed E-state index contributed by atoms with van der Waals surface area (Å²) < 4.78 is 8.23. The first-order valence-corrected chi connectivity index (χ1v) is 8.27. The fourth-order valence-corrected chi connectivity index (χ4v) is 3.13. The average molecular weight is 337 g/mol. The van der Waals surface area contributed by atoms with Crippen molar-refractivity contribution in [3.8, 4) is 5.95 Å². The number of hydrogen-bond donors (Lipinski definition) is 1. The number of aromatic nitrogens is 5. The largest absolute Gasteiger partial charge is 0.378 e. The Morgan fingerprint density at radius 3 is 2.74 bits per heavy atom. The number of carbonyl (C=O) groups excluding carboxylic acids is 1. The summed E-state index contributed by atoms with van der Waals surface area (Å²) in [6.45, 7) is 6.26. The lowest BCUT2D eigenvalue weighted by molar-refractivity contribution is -0.132. The third-order valence-corrected chi connectivity index (χ3v) is 4.46. The van der Waals surface area contributed by atoms with Crippen LogP contribution in [0.1, 0.15) is 11.4 Å². The SMILES string of the molecule is Cc1cc(C)n(-c2nnc(SCC(=O)N3CCOCC3)n2N)n1. The second-order valence-corrected chi connectivity index (χ2v) is 6.22. The first-order valence-electron chi connectivity index (χ1n) is 7.28. The van der Waals surface area contributed by atoms with Crippen LogP contribution in [0.15, 0.2) is 11.2 Å². The Kier molecular flexibility index (Phi) is 4.53. The van der Waals surface area contributed by atoms with Gasteiger partial charge in [0.15, 0.2) is 0 Å². The fraction of sp³-hybridized carbons (Fsp3) is 0.538. The highest BCUT2D eigenvalue weighted by molar-refractivity contribution is 7.99. The van der Waals surface area contributed by atoms with Crippen LogP contribution in [-0.4, -0.2) is 67.5 Å². The maximum Gasteiger partial charge on any atom is 0.271 e. The molecule has 1 aliphatic heterocycles. The lowest BCUT2D eigenvalue weighted by Gasteiger charge is -2.26. The van der Waals surface area contributed by atoms with E-state index in [-0.39, 0.29) is 11.7 Å². The number of ether oxygens (including phenoxy) is 1. The van der Waals surface area contributed by atoms with Crippen molar-refractivity contribution in [3.05, 3.63) is 17.5 Å². The molecular formula is C13H19N7O2S. The maximum absolute atomic E-state index is 12.2. The number of hydrogen-bond acceptors (Lipinski definition) is 7. The van der Waals surface area contributed by atoms with Crippen LogP contribution in [0.3, 0.4) is 0 Å². The van der Waals surface area contributed by atoms with Gasteiger partial charge in [-0.3, -0.25) is 4.79 Å². The minimum absolute atomic E-state index is 0.0500. The van der Waals surface area contributed by atoms with Gasteiger partial charge in [0.25, 0.3) is 5.95 Å². The summed E-state index contributed by atoms with van der Waals surface area (Å²) in [6.07, 6.45) is 0. The van der Waals surface area contributed by atoms with Crippen molar-refractivity contribution in [3.63, 3.8) is 0 Å². The predicted octanol–water partition coefficient (Wildman–Crippen LogP) is -0.255. The highest BCUT2D eigenvalue weighted by Crippen LogP contribution is 2.18. The van der Waals surface area contributed by atoms with E-state index < -0.39 is 0 Å². The monoisotopic (exact) mass is 337 g/mol. The van der Waals surface area contributed by atoms with Gasteiger partial charge in [-0.1, -0.05) is 11.8 Å². The van der Waals surface area contributed by atoms with E-state index in [1.54, 1.807) is 9.58 Å². The van der Waals surface area contributed by atoms with E-state index >= 15 is 0 Å². The molecule has 1 saturated heterocycles. The molecule has 2 aromatic heterocycles. The molecule has 124 valence electrons. The number of carbonyl (C=O) groups is 1. The van der Waals surface area contributed by atoms with Gasteiger partial charge in [0.2, 0.25) is 11.1 Å². The number of nitrogen functional groups attached to an aromatic ring is 1. The Labute approximate surface area is 137 Å². The third-order valence-electron chi connectivity index (χ3n) is 3.53. The number of thioether (sulfide) groups is 1. The van der Waals surface area contributed by atoms with E-state index in [0.29, 0.717) is 37.4 Å². The van der Waals surface area contributed by atoms with Crippen molar-refractivity contribution in [1.29, 1.82) is 0 Å². The van der Waals surface area contributed by atoms with Gasteiger partial charge in [0.05, 0.1) is 24.7 Å². The zero-order valence-corrected chi connectivity index (χ0v) is 13.9. The summed E-state index contributed by atoms with van der Waals surface area (Å²) in [4.78, 5) is 13.9. The Hall–Kier alpha value is -2.07. The van der Waals surface area contributed by atoms with Crippen LogP contribution in [0.25, 0.3) is 5.95 Å². The highest BCUT2D eigenvalue weighted by Gasteiger charge is 2.20. The van der Waals surface area contributed by atoms with Crippen molar-refractivity contribution < 1.29 is 9.53 Å². The lowest BCUT2D eigenvalue weighted by atomic mass is 10.4. The number of nitrogens with two attached hydrogens (primary N) is 1. The molecule has 2 N–H and O–H groups in total. The number of morpholine rings is 1. The van der Waals surface area contributed by atoms with E-state index in [9.17, 15) is 4.79 Å². The van der Waals surface area contributed by atoms with E-state index in [1.165, 1.54) is 16.4 Å². The van der Waals surface area contributed by atoms with Crippen LogP contribution in [0.2, 0.25) is 0 Å². The molecule has 1 fully saturated rings. The molecule has 0 aliphatic carbocycles. The first-order chi connectivity index (χ1) is 11.1. The van der Waals surface area contributed by atoms with Crippen LogP contribution < -0.4 is 5.84 Å². The van der Waals surface area contributed by atoms with Crippen molar-refractivity contribution in [2.24, 2.45) is 0 Å². The topological polar surface area (TPSA) is 104 Å². The molecule has 0 aromatic carbocycles. The summed E-state index contributed by atoms with van der Waals surface area (Å²) in [6, 6.07) is 1.93. The molecule has 0 saturated carbocycles. The zero-order chi connectivity index (χ0) is 16.4. The van der Waals surface area contributed by atoms with Crippen LogP contribution in [-0.2, 0) is 9.53 Å². The van der Waals surface area contributed by atoms with Crippen molar-refractivity contribution in [1.82, 2.24) is 29.6 Å². The first kappa shape index (κ1) is 15.8. The Morgan fingerprint density at radius 2 is 2.09 bits per heavy atom. The van der Waals surface area contributed by atoms with E-state index in [0.717, 1.165) is 11.4 Å². The fourth-order valence-electron chi connectivity index (χ4n) is 2.37. The summed E-state index contributed by atoms with van der Waals surface area (Å²) in [5, 5.41) is 12.9. The zero-order valence-electron chi connectivity index (χ0n) is 13.1. The van der Waals surface area contributed by atoms with Gasteiger partial charge in [-0.05, 0) is 19.9 Å². The summed E-state index contributed by atoms with van der Waals surface area (Å²) in [5.41, 5.74) is 1.80. The van der Waals surface area contributed by atoms with Crippen LogP contribution >= 0.6 is 11.8 Å². The van der Waals surface area contributed by atoms with Crippen LogP contribution in [0.5, 0.6) is 0 Å². The molecule has 10 heteroatoms. The van der Waals surface area contributed by atoms with Crippen LogP contribution in [0, 0.1) is 13.8 Å². The van der Waals surface area contributed by atoms with Gasteiger partial charge >= 0.3 is 0 Å². The molecule has 0 atom stereocenters. The molecule has 1 aliphatic rings. The van der Waals surface area contributed by atoms with Gasteiger partial charge in [-0.15, -0.1) is 10.2 Å². The van der Waals surface area contributed by atoms with E-state index in [4.69, 9.17) is 10.6 Å². The van der Waals surface area contributed by atoms with Gasteiger partial charge in [-0.25, -0.2) is 9.36 Å². The molecular weight excluding hydrogens is 318 g/mol. The molecule has 0 spiro atoms. The highest BCUT2D eigenvalue weighted by atomic mass is 32.2. The van der Waals surface area contributed by atoms with E-state index in [1.807, 2.05) is 19.9 Å². The second-order valence-electron chi connectivity index (χ2n) is 5.27. The van der Waals surface area contributed by atoms with Gasteiger partial charge in [0.1, 0.15) is 0 Å². The van der Waals surface area contributed by atoms with Crippen LogP contribution in [0.4, 0.5) is 0 Å². The molecule has 3 heterocycles. The van der Waals surface area contributed by atoms with Gasteiger partial charge < -0.3 is 15.5 Å². The average Bonchev–Trinajstić information content (AvgIpc) is 3.07. The Balaban J connectivity index is 1.67. The van der Waals surface area contributed by atoms with E-state index in [2.05, 4.69) is 15.3 Å². The summed E-state index contributed by atoms with van der Waals surface area (Å²) in [5.74, 6) is 6.79. The molecule has 1 amide bonds. The molecule has 0 radical (unpaired) electrons. The van der Waals surface area contributed by atoms with Gasteiger partial charge in [0, 0.05) is 18.8 Å². The second kappa shape index (κ2) is 6.59. The van der Waals surface area contributed by atoms with Gasteiger partial charge in [-0.2, -0.15) is 5.10 Å². The molecule has 23 heavy (non-hydrogen) atoms. The number of aryl methyl sites for hydroxylation is 2. The van der Waals surface area contributed by atoms with Crippen molar-refractivity contribution in [2.45, 2.75) is 19.0 Å². The lowest BCUT2D eigenvalue weighted by Crippen LogP contribution is -2.41. The normalized spacial score (nSPS) is 15.1. The maximum atomic E-state index is 12.2. The standard InChI is InChI=1S/C13H19N7O2S/c1-9-7-10(2)20(17-9)12-15-16-13(19(12)14)23-8-11(21)18-3-5-22-6-4-18/h7H,3-6,8,14H2,1-2H3. The minimum atomic E-state index is 0.0500. The smallest absolute Gasteiger partial charge is 0.271 e. The molecule has 2 aromatic rings. The molecule has 3 rings (SSSR count). The quantitative estimate of drug-likeness (QED) is 0.606. The molecule has 9 nitrogen and oxygen atoms in total. The predicted molar refractivity (Wildman–Crippen MR) is 84.9 cm³/mol. The summed E-state index contributed by atoms with van der Waals surface area (Å²) in [7, 11) is 0. The number of amides is 1. The molecule has 0 unspecified atom stereocenters. The number of nitrogens with zero attached hydrogens (tertiary/aromatic N) is 6. The third kappa shape index (κ3) is 3.32. The summed E-state index contributed by atoms with van der Waals surface area (Å²) >= 11 is 1.27. The van der Waals surface area contributed by atoms with Crippen molar-refractivity contribution in [2.75, 3.05) is 37.9 Å². The Morgan fingerprint density at radius 1 is 1.35 bits per heavy atom. The Bertz CT molecular complexity index is 705. The molecule has 0 bridgehead atoms. The van der Waals surface area contributed by atoms with Crippen molar-refractivity contribution >= 4 is 17.7 Å². The number of rotatable bonds is 4.